The van der Waals surface area contributed by atoms with Crippen LogP contribution >= 0.6 is 11.8 Å². The van der Waals surface area contributed by atoms with Crippen molar-refractivity contribution in [3.8, 4) is 0 Å². The number of ether oxygens (including phenoxy) is 4. The molecule has 3 aromatic carbocycles. The van der Waals surface area contributed by atoms with Gasteiger partial charge in [-0.25, -0.2) is 0 Å². The minimum Gasteiger partial charge on any atom is -0.449 e. The Kier molecular flexibility index (Phi) is 9.16. The summed E-state index contributed by atoms with van der Waals surface area (Å²) >= 11 is 1.54. The number of hydrogen-bond donors (Lipinski definition) is 0. The topological polar surface area (TPSA) is 54.0 Å². The van der Waals surface area contributed by atoms with Gasteiger partial charge >= 0.3 is 5.97 Å². The van der Waals surface area contributed by atoms with Crippen molar-refractivity contribution in [2.75, 3.05) is 6.61 Å². The Labute approximate surface area is 205 Å². The van der Waals surface area contributed by atoms with E-state index >= 15 is 0 Å². The van der Waals surface area contributed by atoms with Gasteiger partial charge in [-0.05, 0) is 16.7 Å². The molecule has 4 rings (SSSR count). The Hall–Kier alpha value is -2.64. The number of carbonyl (C=O) groups excluding carboxylic acids is 1. The van der Waals surface area contributed by atoms with Crippen molar-refractivity contribution in [3.63, 3.8) is 0 Å². The van der Waals surface area contributed by atoms with Crippen LogP contribution in [-0.4, -0.2) is 35.5 Å². The Balaban J connectivity index is 1.47. The lowest BCUT2D eigenvalue weighted by molar-refractivity contribution is -0.155. The minimum atomic E-state index is -0.465. The maximum absolute atomic E-state index is 11.8. The van der Waals surface area contributed by atoms with Crippen LogP contribution in [0.3, 0.4) is 0 Å². The van der Waals surface area contributed by atoms with Crippen LogP contribution in [0.5, 0.6) is 0 Å². The summed E-state index contributed by atoms with van der Waals surface area (Å²) in [6, 6.07) is 30.1. The summed E-state index contributed by atoms with van der Waals surface area (Å²) in [6.45, 7) is 3.25. The van der Waals surface area contributed by atoms with Gasteiger partial charge in [0.1, 0.15) is 12.2 Å². The van der Waals surface area contributed by atoms with E-state index in [2.05, 4.69) is 0 Å². The molecule has 4 atom stereocenters. The number of esters is 1. The largest absolute Gasteiger partial charge is 0.449 e. The Morgan fingerprint density at radius 1 is 0.706 bits per heavy atom. The second-order valence-electron chi connectivity index (χ2n) is 8.18. The van der Waals surface area contributed by atoms with E-state index in [-0.39, 0.29) is 17.3 Å². The monoisotopic (exact) mass is 478 g/mol. The second-order valence-corrected chi connectivity index (χ2v) is 9.52. The molecule has 5 nitrogen and oxygen atoms in total. The van der Waals surface area contributed by atoms with Crippen molar-refractivity contribution in [1.82, 2.24) is 0 Å². The normalized spacial score (nSPS) is 21.9. The van der Waals surface area contributed by atoms with Crippen LogP contribution in [0.25, 0.3) is 0 Å². The molecule has 178 valence electrons. The first-order chi connectivity index (χ1) is 16.7. The molecule has 0 spiro atoms. The highest BCUT2D eigenvalue weighted by atomic mass is 32.2. The third-order valence-corrected chi connectivity index (χ3v) is 6.90. The lowest BCUT2D eigenvalue weighted by Crippen LogP contribution is -2.40. The molecule has 1 fully saturated rings. The molecule has 0 amide bonds. The average molecular weight is 479 g/mol. The molecule has 6 heteroatoms. The van der Waals surface area contributed by atoms with Gasteiger partial charge in [-0.15, -0.1) is 11.8 Å². The van der Waals surface area contributed by atoms with Gasteiger partial charge in [-0.2, -0.15) is 0 Å². The van der Waals surface area contributed by atoms with Gasteiger partial charge in [0.25, 0.3) is 0 Å². The summed E-state index contributed by atoms with van der Waals surface area (Å²) in [6.07, 6.45) is -0.711. The predicted octanol–water partition coefficient (Wildman–Crippen LogP) is 5.38. The van der Waals surface area contributed by atoms with Gasteiger partial charge in [0.15, 0.2) is 5.44 Å². The number of rotatable bonds is 11. The first kappa shape index (κ1) is 24.5. The minimum absolute atomic E-state index is 0.0439. The standard InChI is InChI=1S/C28H30O5S/c1-21(29)33-28-27(32-19-24-15-9-4-10-16-24)26(31-18-23-13-7-3-8-14-23)25(34-28)20-30-17-22-11-5-2-6-12-22/h2-16,25-28H,17-20H2,1H3/t25-,26+,27?,28?/m1/s1. The predicted molar refractivity (Wildman–Crippen MR) is 133 cm³/mol. The maximum atomic E-state index is 11.8. The summed E-state index contributed by atoms with van der Waals surface area (Å²) in [7, 11) is 0. The molecule has 0 bridgehead atoms. The second kappa shape index (κ2) is 12.7. The summed E-state index contributed by atoms with van der Waals surface area (Å²) in [5, 5.41) is -0.0439. The van der Waals surface area contributed by atoms with E-state index in [0.717, 1.165) is 16.7 Å². The van der Waals surface area contributed by atoms with Crippen LogP contribution in [0.15, 0.2) is 91.0 Å². The fraction of sp³-hybridized carbons (Fsp3) is 0.321. The van der Waals surface area contributed by atoms with Crippen LogP contribution < -0.4 is 0 Å². The van der Waals surface area contributed by atoms with Crippen LogP contribution in [-0.2, 0) is 43.6 Å². The first-order valence-electron chi connectivity index (χ1n) is 11.4. The van der Waals surface area contributed by atoms with Gasteiger partial charge in [-0.3, -0.25) is 4.79 Å². The molecule has 1 heterocycles. The van der Waals surface area contributed by atoms with E-state index in [1.54, 1.807) is 11.8 Å². The quantitative estimate of drug-likeness (QED) is 0.345. The van der Waals surface area contributed by atoms with Gasteiger partial charge in [0.05, 0.1) is 31.7 Å². The van der Waals surface area contributed by atoms with Crippen LogP contribution in [0.1, 0.15) is 23.6 Å². The zero-order chi connectivity index (χ0) is 23.6. The van der Waals surface area contributed by atoms with E-state index in [4.69, 9.17) is 18.9 Å². The zero-order valence-electron chi connectivity index (χ0n) is 19.2. The van der Waals surface area contributed by atoms with Crippen molar-refractivity contribution in [2.45, 2.75) is 49.6 Å². The van der Waals surface area contributed by atoms with Crippen molar-refractivity contribution >= 4 is 17.7 Å². The summed E-state index contributed by atoms with van der Waals surface area (Å²) in [5.74, 6) is -0.335. The van der Waals surface area contributed by atoms with Crippen LogP contribution in [0.2, 0.25) is 0 Å². The van der Waals surface area contributed by atoms with Gasteiger partial charge < -0.3 is 18.9 Å². The highest BCUT2D eigenvalue weighted by molar-refractivity contribution is 8.00. The van der Waals surface area contributed by atoms with Crippen molar-refractivity contribution in [2.24, 2.45) is 0 Å². The van der Waals surface area contributed by atoms with E-state index < -0.39 is 11.5 Å². The molecule has 3 aromatic rings. The molecule has 2 unspecified atom stereocenters. The highest BCUT2D eigenvalue weighted by Gasteiger charge is 2.48. The molecular formula is C28H30O5S. The van der Waals surface area contributed by atoms with Gasteiger partial charge in [0, 0.05) is 6.92 Å². The van der Waals surface area contributed by atoms with E-state index in [9.17, 15) is 4.79 Å². The molecule has 0 aromatic heterocycles. The van der Waals surface area contributed by atoms with Gasteiger partial charge in [0.2, 0.25) is 0 Å². The van der Waals surface area contributed by atoms with E-state index in [1.807, 2.05) is 91.0 Å². The van der Waals surface area contributed by atoms with E-state index in [1.165, 1.54) is 6.92 Å². The molecule has 0 saturated carbocycles. The molecule has 1 aliphatic heterocycles. The third kappa shape index (κ3) is 7.18. The highest BCUT2D eigenvalue weighted by Crippen LogP contribution is 2.40. The molecule has 1 saturated heterocycles. The Bertz CT molecular complexity index is 999. The van der Waals surface area contributed by atoms with Crippen molar-refractivity contribution in [1.29, 1.82) is 0 Å². The molecule has 0 aliphatic carbocycles. The number of carbonyl (C=O) groups is 1. The molecule has 0 radical (unpaired) electrons. The molecular weight excluding hydrogens is 448 g/mol. The Morgan fingerprint density at radius 3 is 1.68 bits per heavy atom. The summed E-state index contributed by atoms with van der Waals surface area (Å²) < 4.78 is 24.4. The average Bonchev–Trinajstić information content (AvgIpc) is 3.18. The summed E-state index contributed by atoms with van der Waals surface area (Å²) in [5.41, 5.74) is 2.78. The van der Waals surface area contributed by atoms with Crippen LogP contribution in [0.4, 0.5) is 0 Å². The SMILES string of the molecule is CC(=O)OC1S[C@H](COCc2ccccc2)[C@H](OCc2ccccc2)C1OCc1ccccc1. The summed E-state index contributed by atoms with van der Waals surface area (Å²) in [4.78, 5) is 11.8. The van der Waals surface area contributed by atoms with Crippen molar-refractivity contribution < 1.29 is 23.7 Å². The zero-order valence-corrected chi connectivity index (χ0v) is 20.1. The first-order valence-corrected chi connectivity index (χ1v) is 12.4. The van der Waals surface area contributed by atoms with Crippen LogP contribution in [0, 0.1) is 0 Å². The number of hydrogen-bond acceptors (Lipinski definition) is 6. The molecule has 0 N–H and O–H groups in total. The van der Waals surface area contributed by atoms with E-state index in [0.29, 0.717) is 26.4 Å². The maximum Gasteiger partial charge on any atom is 0.303 e. The van der Waals surface area contributed by atoms with Gasteiger partial charge in [-0.1, -0.05) is 91.0 Å². The number of benzene rings is 3. The fourth-order valence-electron chi connectivity index (χ4n) is 3.86. The van der Waals surface area contributed by atoms with Crippen molar-refractivity contribution in [3.05, 3.63) is 108 Å². The number of thioether (sulfide) groups is 1. The lowest BCUT2D eigenvalue weighted by atomic mass is 10.1. The third-order valence-electron chi connectivity index (χ3n) is 5.51. The molecule has 1 aliphatic rings. The fourth-order valence-corrected chi connectivity index (χ4v) is 5.35. The lowest BCUT2D eigenvalue weighted by Gasteiger charge is -2.26. The molecule has 34 heavy (non-hydrogen) atoms. The smallest absolute Gasteiger partial charge is 0.303 e. The Morgan fingerprint density at radius 2 is 1.18 bits per heavy atom.